The molecule has 4 heteroatoms. The van der Waals surface area contributed by atoms with Crippen molar-refractivity contribution >= 4 is 0 Å². The lowest BCUT2D eigenvalue weighted by Gasteiger charge is -2.45. The maximum Gasteiger partial charge on any atom is 0.131 e. The molecule has 3 atom stereocenters. The van der Waals surface area contributed by atoms with Crippen molar-refractivity contribution < 1.29 is 9.50 Å². The number of rotatable bonds is 2. The predicted molar refractivity (Wildman–Crippen MR) is 77.2 cm³/mol. The Balaban J connectivity index is 1.80. The average Bonchev–Trinajstić information content (AvgIpc) is 2.84. The van der Waals surface area contributed by atoms with Crippen molar-refractivity contribution in [1.82, 2.24) is 9.80 Å². The fourth-order valence-corrected chi connectivity index (χ4v) is 3.78. The number of aromatic hydroxyl groups is 1. The van der Waals surface area contributed by atoms with Crippen LogP contribution >= 0.6 is 0 Å². The van der Waals surface area contributed by atoms with Gasteiger partial charge >= 0.3 is 0 Å². The molecule has 3 unspecified atom stereocenters. The van der Waals surface area contributed by atoms with Gasteiger partial charge in [0.05, 0.1) is 0 Å². The summed E-state index contributed by atoms with van der Waals surface area (Å²) < 4.78 is 14.1. The van der Waals surface area contributed by atoms with E-state index in [-0.39, 0.29) is 17.6 Å². The highest BCUT2D eigenvalue weighted by atomic mass is 19.1. The molecule has 1 aromatic carbocycles. The van der Waals surface area contributed by atoms with Gasteiger partial charge in [0.2, 0.25) is 0 Å². The molecule has 2 fully saturated rings. The van der Waals surface area contributed by atoms with E-state index >= 15 is 0 Å². The molecule has 0 amide bonds. The van der Waals surface area contributed by atoms with Crippen LogP contribution in [0.15, 0.2) is 18.2 Å². The van der Waals surface area contributed by atoms with Gasteiger partial charge in [-0.25, -0.2) is 4.39 Å². The second kappa shape index (κ2) is 5.34. The molecule has 20 heavy (non-hydrogen) atoms. The van der Waals surface area contributed by atoms with Gasteiger partial charge in [-0.3, -0.25) is 9.80 Å². The number of piperazine rings is 1. The van der Waals surface area contributed by atoms with E-state index < -0.39 is 0 Å². The van der Waals surface area contributed by atoms with Gasteiger partial charge in [0.1, 0.15) is 11.6 Å². The van der Waals surface area contributed by atoms with E-state index in [1.54, 1.807) is 12.1 Å². The third-order valence-corrected chi connectivity index (χ3v) is 4.92. The lowest BCUT2D eigenvalue weighted by Crippen LogP contribution is -2.55. The highest BCUT2D eigenvalue weighted by Gasteiger charge is 2.36. The summed E-state index contributed by atoms with van der Waals surface area (Å²) in [6.07, 6.45) is 2.54. The quantitative estimate of drug-likeness (QED) is 0.901. The normalized spacial score (nSPS) is 29.4. The SMILES string of the molecule is CC1CN2CCCC2CN1C(C)c1ccc(O)cc1F. The van der Waals surface area contributed by atoms with Crippen LogP contribution in [0.1, 0.15) is 38.3 Å². The van der Waals surface area contributed by atoms with Crippen LogP contribution in [0.4, 0.5) is 4.39 Å². The van der Waals surface area contributed by atoms with Gasteiger partial charge < -0.3 is 5.11 Å². The maximum absolute atomic E-state index is 14.1. The van der Waals surface area contributed by atoms with Gasteiger partial charge in [-0.05, 0) is 39.3 Å². The summed E-state index contributed by atoms with van der Waals surface area (Å²) in [5, 5.41) is 9.34. The Morgan fingerprint density at radius 1 is 1.35 bits per heavy atom. The smallest absolute Gasteiger partial charge is 0.131 e. The summed E-state index contributed by atoms with van der Waals surface area (Å²) in [7, 11) is 0. The maximum atomic E-state index is 14.1. The van der Waals surface area contributed by atoms with Crippen molar-refractivity contribution in [3.63, 3.8) is 0 Å². The number of nitrogens with zero attached hydrogens (tertiary/aromatic N) is 2. The van der Waals surface area contributed by atoms with E-state index in [0.29, 0.717) is 17.6 Å². The molecule has 3 rings (SSSR count). The first-order valence-corrected chi connectivity index (χ1v) is 7.54. The van der Waals surface area contributed by atoms with Crippen LogP contribution in [0, 0.1) is 5.82 Å². The summed E-state index contributed by atoms with van der Waals surface area (Å²) in [4.78, 5) is 4.98. The Labute approximate surface area is 120 Å². The molecule has 1 aromatic rings. The lowest BCUT2D eigenvalue weighted by molar-refractivity contribution is 0.0316. The van der Waals surface area contributed by atoms with Gasteiger partial charge in [0.25, 0.3) is 0 Å². The van der Waals surface area contributed by atoms with Crippen LogP contribution in [-0.2, 0) is 0 Å². The third kappa shape index (κ3) is 2.42. The average molecular weight is 278 g/mol. The van der Waals surface area contributed by atoms with Gasteiger partial charge in [-0.2, -0.15) is 0 Å². The molecule has 0 radical (unpaired) electrons. The molecule has 0 aromatic heterocycles. The molecule has 0 aliphatic carbocycles. The van der Waals surface area contributed by atoms with Gasteiger partial charge in [0.15, 0.2) is 0 Å². The first-order chi connectivity index (χ1) is 9.56. The fourth-order valence-electron chi connectivity index (χ4n) is 3.78. The van der Waals surface area contributed by atoms with E-state index in [4.69, 9.17) is 0 Å². The first kappa shape index (κ1) is 13.8. The van der Waals surface area contributed by atoms with Crippen LogP contribution in [0.3, 0.4) is 0 Å². The third-order valence-electron chi connectivity index (χ3n) is 4.92. The molecular weight excluding hydrogens is 255 g/mol. The topological polar surface area (TPSA) is 26.7 Å². The number of hydrogen-bond acceptors (Lipinski definition) is 3. The zero-order valence-electron chi connectivity index (χ0n) is 12.2. The Kier molecular flexibility index (Phi) is 3.69. The summed E-state index contributed by atoms with van der Waals surface area (Å²) in [6.45, 7) is 7.60. The second-order valence-electron chi connectivity index (χ2n) is 6.22. The summed E-state index contributed by atoms with van der Waals surface area (Å²) in [6, 6.07) is 5.62. The number of phenols is 1. The van der Waals surface area contributed by atoms with Gasteiger partial charge in [-0.15, -0.1) is 0 Å². The van der Waals surface area contributed by atoms with Crippen molar-refractivity contribution in [2.45, 2.75) is 44.8 Å². The fraction of sp³-hybridized carbons (Fsp3) is 0.625. The molecule has 110 valence electrons. The molecule has 2 heterocycles. The number of hydrogen-bond donors (Lipinski definition) is 1. The van der Waals surface area contributed by atoms with E-state index in [0.717, 1.165) is 13.1 Å². The summed E-state index contributed by atoms with van der Waals surface area (Å²) in [5.74, 6) is -0.314. The zero-order chi connectivity index (χ0) is 14.3. The number of fused-ring (bicyclic) bond motifs is 1. The Morgan fingerprint density at radius 3 is 2.90 bits per heavy atom. The van der Waals surface area contributed by atoms with Crippen molar-refractivity contribution in [1.29, 1.82) is 0 Å². The van der Waals surface area contributed by atoms with E-state index in [1.807, 2.05) is 0 Å². The standard InChI is InChI=1S/C16H23FN2O/c1-11-9-18-7-3-4-13(18)10-19(11)12(2)15-6-5-14(20)8-16(15)17/h5-6,8,11-13,20H,3-4,7,9-10H2,1-2H3. The van der Waals surface area contributed by atoms with Crippen molar-refractivity contribution in [2.75, 3.05) is 19.6 Å². The molecule has 0 saturated carbocycles. The molecule has 2 aliphatic heterocycles. The minimum Gasteiger partial charge on any atom is -0.508 e. The number of halogens is 1. The van der Waals surface area contributed by atoms with Crippen molar-refractivity contribution in [3.05, 3.63) is 29.6 Å². The molecule has 0 spiro atoms. The number of benzene rings is 1. The van der Waals surface area contributed by atoms with E-state index in [9.17, 15) is 9.50 Å². The van der Waals surface area contributed by atoms with Gasteiger partial charge in [-0.1, -0.05) is 6.07 Å². The van der Waals surface area contributed by atoms with Gasteiger partial charge in [0, 0.05) is 42.8 Å². The van der Waals surface area contributed by atoms with E-state index in [2.05, 4.69) is 23.6 Å². The van der Waals surface area contributed by atoms with Crippen LogP contribution < -0.4 is 0 Å². The van der Waals surface area contributed by atoms with E-state index in [1.165, 1.54) is 25.5 Å². The molecule has 3 nitrogen and oxygen atoms in total. The zero-order valence-corrected chi connectivity index (χ0v) is 12.2. The Hall–Kier alpha value is -1.13. The second-order valence-corrected chi connectivity index (χ2v) is 6.22. The van der Waals surface area contributed by atoms with Crippen LogP contribution in [0.5, 0.6) is 5.75 Å². The highest BCUT2D eigenvalue weighted by molar-refractivity contribution is 5.29. The highest BCUT2D eigenvalue weighted by Crippen LogP contribution is 2.32. The largest absolute Gasteiger partial charge is 0.508 e. The van der Waals surface area contributed by atoms with Crippen LogP contribution in [-0.4, -0.2) is 46.6 Å². The predicted octanol–water partition coefficient (Wildman–Crippen LogP) is 2.76. The minimum absolute atomic E-state index is 0.00730. The monoisotopic (exact) mass is 278 g/mol. The first-order valence-electron chi connectivity index (χ1n) is 7.54. The molecule has 0 bridgehead atoms. The molecule has 2 aliphatic rings. The van der Waals surface area contributed by atoms with Crippen molar-refractivity contribution in [3.8, 4) is 5.75 Å². The molecule has 2 saturated heterocycles. The lowest BCUT2D eigenvalue weighted by atomic mass is 10.00. The van der Waals surface area contributed by atoms with Crippen LogP contribution in [0.25, 0.3) is 0 Å². The Morgan fingerprint density at radius 2 is 2.15 bits per heavy atom. The molecular formula is C16H23FN2O. The Bertz CT molecular complexity index is 493. The molecule has 1 N–H and O–H groups in total. The summed E-state index contributed by atoms with van der Waals surface area (Å²) in [5.41, 5.74) is 0.682. The minimum atomic E-state index is -0.307. The summed E-state index contributed by atoms with van der Waals surface area (Å²) >= 11 is 0. The number of phenolic OH excluding ortho intramolecular Hbond substituents is 1. The van der Waals surface area contributed by atoms with Crippen LogP contribution in [0.2, 0.25) is 0 Å². The van der Waals surface area contributed by atoms with Crippen molar-refractivity contribution in [2.24, 2.45) is 0 Å².